The molecule has 2 N–H and O–H groups in total. The van der Waals surface area contributed by atoms with Gasteiger partial charge in [0.05, 0.1) is 17.6 Å². The summed E-state index contributed by atoms with van der Waals surface area (Å²) in [7, 11) is -3.42. The third-order valence-corrected chi connectivity index (χ3v) is 3.64. The number of amides is 1. The predicted molar refractivity (Wildman–Crippen MR) is 87.0 cm³/mol. The van der Waals surface area contributed by atoms with Gasteiger partial charge < -0.3 is 5.32 Å². The fourth-order valence-electron chi connectivity index (χ4n) is 1.71. The van der Waals surface area contributed by atoms with E-state index in [4.69, 9.17) is 0 Å². The van der Waals surface area contributed by atoms with Crippen molar-refractivity contribution in [1.82, 2.24) is 0 Å². The molecule has 0 aliphatic rings. The zero-order chi connectivity index (χ0) is 15.5. The number of halogens is 1. The fraction of sp³-hybridized carbons (Fsp3) is 0.0714. The predicted octanol–water partition coefficient (Wildman–Crippen LogP) is 3.07. The van der Waals surface area contributed by atoms with Gasteiger partial charge in [-0.3, -0.25) is 9.52 Å². The van der Waals surface area contributed by atoms with Crippen molar-refractivity contribution in [3.63, 3.8) is 0 Å². The summed E-state index contributed by atoms with van der Waals surface area (Å²) in [5, 5.41) is 2.69. The van der Waals surface area contributed by atoms with Crippen molar-refractivity contribution >= 4 is 43.2 Å². The lowest BCUT2D eigenvalue weighted by molar-refractivity contribution is 0.102. The van der Waals surface area contributed by atoms with Crippen molar-refractivity contribution in [2.75, 3.05) is 16.3 Å². The van der Waals surface area contributed by atoms with Crippen LogP contribution in [0, 0.1) is 0 Å². The smallest absolute Gasteiger partial charge is 0.255 e. The average molecular weight is 369 g/mol. The molecule has 7 heteroatoms. The molecule has 0 spiro atoms. The van der Waals surface area contributed by atoms with Crippen molar-refractivity contribution in [2.45, 2.75) is 0 Å². The highest BCUT2D eigenvalue weighted by atomic mass is 79.9. The molecule has 5 nitrogen and oxygen atoms in total. The number of carbonyl (C=O) groups is 1. The van der Waals surface area contributed by atoms with Gasteiger partial charge in [-0.15, -0.1) is 0 Å². The number of hydrogen-bond donors (Lipinski definition) is 2. The quantitative estimate of drug-likeness (QED) is 0.870. The van der Waals surface area contributed by atoms with Gasteiger partial charge in [-0.1, -0.05) is 34.1 Å². The van der Waals surface area contributed by atoms with Gasteiger partial charge >= 0.3 is 0 Å². The minimum atomic E-state index is -3.42. The van der Waals surface area contributed by atoms with E-state index in [2.05, 4.69) is 26.0 Å². The van der Waals surface area contributed by atoms with Crippen LogP contribution in [0.5, 0.6) is 0 Å². The molecule has 0 aliphatic carbocycles. The maximum absolute atomic E-state index is 12.2. The first-order valence-corrected chi connectivity index (χ1v) is 8.67. The second kappa shape index (κ2) is 6.28. The van der Waals surface area contributed by atoms with Crippen LogP contribution in [0.4, 0.5) is 11.4 Å². The van der Waals surface area contributed by atoms with Gasteiger partial charge in [0.2, 0.25) is 10.0 Å². The van der Waals surface area contributed by atoms with E-state index in [-0.39, 0.29) is 5.91 Å². The van der Waals surface area contributed by atoms with E-state index in [9.17, 15) is 13.2 Å². The number of anilines is 2. The number of rotatable bonds is 4. The zero-order valence-corrected chi connectivity index (χ0v) is 13.5. The lowest BCUT2D eigenvalue weighted by atomic mass is 10.2. The Morgan fingerprint density at radius 2 is 1.71 bits per heavy atom. The molecule has 2 aromatic carbocycles. The Bertz CT molecular complexity index is 775. The number of nitrogens with one attached hydrogen (secondary N) is 2. The van der Waals surface area contributed by atoms with Gasteiger partial charge in [0.15, 0.2) is 0 Å². The van der Waals surface area contributed by atoms with Crippen LogP contribution < -0.4 is 10.0 Å². The van der Waals surface area contributed by atoms with Crippen LogP contribution in [0.1, 0.15) is 10.4 Å². The van der Waals surface area contributed by atoms with E-state index in [0.29, 0.717) is 16.9 Å². The molecule has 0 fully saturated rings. The SMILES string of the molecule is CS(=O)(=O)Nc1ccccc1NC(=O)c1cccc(Br)c1. The van der Waals surface area contributed by atoms with E-state index in [1.807, 2.05) is 6.07 Å². The van der Waals surface area contributed by atoms with Gasteiger partial charge in [0.25, 0.3) is 5.91 Å². The first kappa shape index (κ1) is 15.5. The maximum Gasteiger partial charge on any atom is 0.255 e. The average Bonchev–Trinajstić information content (AvgIpc) is 2.39. The Kier molecular flexibility index (Phi) is 4.64. The van der Waals surface area contributed by atoms with Crippen LogP contribution >= 0.6 is 15.9 Å². The van der Waals surface area contributed by atoms with Crippen molar-refractivity contribution in [3.8, 4) is 0 Å². The lowest BCUT2D eigenvalue weighted by Gasteiger charge is -2.12. The highest BCUT2D eigenvalue weighted by molar-refractivity contribution is 9.10. The molecule has 0 aromatic heterocycles. The summed E-state index contributed by atoms with van der Waals surface area (Å²) in [5.74, 6) is -0.320. The molecular formula is C14H13BrN2O3S. The minimum absolute atomic E-state index is 0.320. The summed E-state index contributed by atoms with van der Waals surface area (Å²) in [6.07, 6.45) is 1.06. The molecule has 0 saturated heterocycles. The van der Waals surface area contributed by atoms with Gasteiger partial charge in [-0.25, -0.2) is 8.42 Å². The molecule has 0 aliphatic heterocycles. The number of benzene rings is 2. The van der Waals surface area contributed by atoms with Gasteiger partial charge in [-0.05, 0) is 30.3 Å². The molecule has 0 saturated carbocycles. The van der Waals surface area contributed by atoms with Gasteiger partial charge in [-0.2, -0.15) is 0 Å². The topological polar surface area (TPSA) is 75.3 Å². The summed E-state index contributed by atoms with van der Waals surface area (Å²) in [6, 6.07) is 13.5. The van der Waals surface area contributed by atoms with Crippen LogP contribution in [0.25, 0.3) is 0 Å². The number of sulfonamides is 1. The highest BCUT2D eigenvalue weighted by Crippen LogP contribution is 2.23. The normalized spacial score (nSPS) is 11.0. The molecule has 110 valence electrons. The second-order valence-electron chi connectivity index (χ2n) is 4.38. The Labute approximate surface area is 131 Å². The highest BCUT2D eigenvalue weighted by Gasteiger charge is 2.11. The third-order valence-electron chi connectivity index (χ3n) is 2.56. The molecule has 1 amide bonds. The fourth-order valence-corrected chi connectivity index (χ4v) is 2.68. The summed E-state index contributed by atoms with van der Waals surface area (Å²) < 4.78 is 25.8. The molecular weight excluding hydrogens is 356 g/mol. The largest absolute Gasteiger partial charge is 0.320 e. The van der Waals surface area contributed by atoms with E-state index >= 15 is 0 Å². The van der Waals surface area contributed by atoms with Crippen LogP contribution in [-0.2, 0) is 10.0 Å². The molecule has 21 heavy (non-hydrogen) atoms. The molecule has 2 aromatic rings. The van der Waals surface area contributed by atoms with Gasteiger partial charge in [0, 0.05) is 10.0 Å². The van der Waals surface area contributed by atoms with E-state index < -0.39 is 10.0 Å². The van der Waals surface area contributed by atoms with Crippen molar-refractivity contribution < 1.29 is 13.2 Å². The molecule has 0 radical (unpaired) electrons. The summed E-state index contributed by atoms with van der Waals surface area (Å²) >= 11 is 3.30. The molecule has 0 atom stereocenters. The zero-order valence-electron chi connectivity index (χ0n) is 11.1. The van der Waals surface area contributed by atoms with Crippen LogP contribution in [-0.4, -0.2) is 20.6 Å². The van der Waals surface area contributed by atoms with E-state index in [1.54, 1.807) is 42.5 Å². The molecule has 0 unspecified atom stereocenters. The van der Waals surface area contributed by atoms with Crippen LogP contribution in [0.2, 0.25) is 0 Å². The van der Waals surface area contributed by atoms with Crippen molar-refractivity contribution in [3.05, 3.63) is 58.6 Å². The van der Waals surface area contributed by atoms with Gasteiger partial charge in [0.1, 0.15) is 0 Å². The van der Waals surface area contributed by atoms with Crippen LogP contribution in [0.15, 0.2) is 53.0 Å². The number of para-hydroxylation sites is 2. The Morgan fingerprint density at radius 3 is 2.33 bits per heavy atom. The number of hydrogen-bond acceptors (Lipinski definition) is 3. The van der Waals surface area contributed by atoms with E-state index in [0.717, 1.165) is 10.7 Å². The monoisotopic (exact) mass is 368 g/mol. The standard InChI is InChI=1S/C14H13BrN2O3S/c1-21(19,20)17-13-8-3-2-7-12(13)16-14(18)10-5-4-6-11(15)9-10/h2-9,17H,1H3,(H,16,18). The maximum atomic E-state index is 12.2. The molecule has 2 rings (SSSR count). The third kappa shape index (κ3) is 4.57. The first-order valence-electron chi connectivity index (χ1n) is 5.99. The first-order chi connectivity index (χ1) is 9.85. The minimum Gasteiger partial charge on any atom is -0.320 e. The molecule has 0 heterocycles. The summed E-state index contributed by atoms with van der Waals surface area (Å²) in [5.41, 5.74) is 1.19. The molecule has 0 bridgehead atoms. The lowest BCUT2D eigenvalue weighted by Crippen LogP contribution is -2.16. The van der Waals surface area contributed by atoms with Crippen molar-refractivity contribution in [2.24, 2.45) is 0 Å². The second-order valence-corrected chi connectivity index (χ2v) is 7.05. The van der Waals surface area contributed by atoms with Crippen LogP contribution in [0.3, 0.4) is 0 Å². The summed E-state index contributed by atoms with van der Waals surface area (Å²) in [6.45, 7) is 0. The Hall–Kier alpha value is -1.86. The Morgan fingerprint density at radius 1 is 1.05 bits per heavy atom. The number of carbonyl (C=O) groups excluding carboxylic acids is 1. The Balaban J connectivity index is 2.26. The van der Waals surface area contributed by atoms with E-state index in [1.165, 1.54) is 0 Å². The summed E-state index contributed by atoms with van der Waals surface area (Å²) in [4.78, 5) is 12.2. The van der Waals surface area contributed by atoms with Crippen molar-refractivity contribution in [1.29, 1.82) is 0 Å².